The lowest BCUT2D eigenvalue weighted by molar-refractivity contribution is 0.0936. The standard InChI is InChI=1S/C21H28N4O/c26-21(19-14-22-24-20(19)16-8-4-3-5-9-16)23-17-12-13-25(15-17)18-10-6-1-2-7-11-18/h3-5,8-9,14,17-18H,1-2,6-7,10-13,15H2,(H,22,24)(H,23,26). The van der Waals surface area contributed by atoms with Crippen LogP contribution in [0.5, 0.6) is 0 Å². The summed E-state index contributed by atoms with van der Waals surface area (Å²) in [6.45, 7) is 2.08. The van der Waals surface area contributed by atoms with Crippen molar-refractivity contribution in [2.75, 3.05) is 13.1 Å². The minimum atomic E-state index is -0.0229. The lowest BCUT2D eigenvalue weighted by Crippen LogP contribution is -2.39. The van der Waals surface area contributed by atoms with Crippen LogP contribution in [-0.4, -0.2) is 46.2 Å². The second-order valence-corrected chi connectivity index (χ2v) is 7.62. The van der Waals surface area contributed by atoms with Gasteiger partial charge in [-0.3, -0.25) is 14.8 Å². The monoisotopic (exact) mass is 352 g/mol. The van der Waals surface area contributed by atoms with E-state index in [0.717, 1.165) is 30.8 Å². The van der Waals surface area contributed by atoms with Crippen LogP contribution in [0.15, 0.2) is 36.5 Å². The number of rotatable bonds is 4. The van der Waals surface area contributed by atoms with Crippen LogP contribution in [0, 0.1) is 0 Å². The van der Waals surface area contributed by atoms with Crippen molar-refractivity contribution >= 4 is 5.91 Å². The lowest BCUT2D eigenvalue weighted by Gasteiger charge is -2.26. The Morgan fingerprint density at radius 3 is 2.62 bits per heavy atom. The molecule has 1 aromatic heterocycles. The van der Waals surface area contributed by atoms with Gasteiger partial charge < -0.3 is 5.32 Å². The van der Waals surface area contributed by atoms with Gasteiger partial charge in [0.2, 0.25) is 0 Å². The Bertz CT molecular complexity index is 719. The summed E-state index contributed by atoms with van der Waals surface area (Å²) in [5, 5.41) is 10.3. The fourth-order valence-corrected chi connectivity index (χ4v) is 4.41. The maximum atomic E-state index is 12.8. The average Bonchev–Trinajstić information content (AvgIpc) is 3.26. The van der Waals surface area contributed by atoms with Crippen molar-refractivity contribution in [2.45, 2.75) is 57.0 Å². The minimum absolute atomic E-state index is 0.0229. The molecular weight excluding hydrogens is 324 g/mol. The third-order valence-corrected chi connectivity index (χ3v) is 5.84. The molecule has 0 radical (unpaired) electrons. The summed E-state index contributed by atoms with van der Waals surface area (Å²) in [5.41, 5.74) is 2.41. The quantitative estimate of drug-likeness (QED) is 0.827. The second-order valence-electron chi connectivity index (χ2n) is 7.62. The molecule has 1 aliphatic heterocycles. The zero-order valence-corrected chi connectivity index (χ0v) is 15.3. The van der Waals surface area contributed by atoms with Crippen LogP contribution in [0.25, 0.3) is 11.3 Å². The molecule has 1 aromatic carbocycles. The van der Waals surface area contributed by atoms with Crippen LogP contribution in [0.3, 0.4) is 0 Å². The van der Waals surface area contributed by atoms with Gasteiger partial charge in [0.15, 0.2) is 0 Å². The van der Waals surface area contributed by atoms with Gasteiger partial charge in [0.25, 0.3) is 5.91 Å². The van der Waals surface area contributed by atoms with E-state index in [1.807, 2.05) is 30.3 Å². The van der Waals surface area contributed by atoms with E-state index in [9.17, 15) is 4.79 Å². The number of carbonyl (C=O) groups excluding carboxylic acids is 1. The van der Waals surface area contributed by atoms with E-state index in [0.29, 0.717) is 11.6 Å². The SMILES string of the molecule is O=C(NC1CCN(C2CCCCCC2)C1)c1cn[nH]c1-c1ccccc1. The predicted molar refractivity (Wildman–Crippen MR) is 103 cm³/mol. The van der Waals surface area contributed by atoms with Crippen molar-refractivity contribution in [1.82, 2.24) is 20.4 Å². The topological polar surface area (TPSA) is 61.0 Å². The first kappa shape index (κ1) is 17.3. The maximum absolute atomic E-state index is 12.8. The molecule has 1 unspecified atom stereocenters. The normalized spacial score (nSPS) is 22.2. The van der Waals surface area contributed by atoms with E-state index in [4.69, 9.17) is 0 Å². The summed E-state index contributed by atoms with van der Waals surface area (Å²) in [7, 11) is 0. The number of nitrogens with zero attached hydrogens (tertiary/aromatic N) is 2. The summed E-state index contributed by atoms with van der Waals surface area (Å²) < 4.78 is 0. The molecule has 26 heavy (non-hydrogen) atoms. The summed E-state index contributed by atoms with van der Waals surface area (Å²) in [6, 6.07) is 10.9. The summed E-state index contributed by atoms with van der Waals surface area (Å²) >= 11 is 0. The third kappa shape index (κ3) is 3.83. The molecule has 1 saturated heterocycles. The van der Waals surface area contributed by atoms with Crippen molar-refractivity contribution in [2.24, 2.45) is 0 Å². The Morgan fingerprint density at radius 1 is 1.08 bits per heavy atom. The molecule has 2 aromatic rings. The summed E-state index contributed by atoms with van der Waals surface area (Å²) in [5.74, 6) is -0.0229. The van der Waals surface area contributed by atoms with Gasteiger partial charge in [-0.1, -0.05) is 56.0 Å². The fraction of sp³-hybridized carbons (Fsp3) is 0.524. The number of hydrogen-bond acceptors (Lipinski definition) is 3. The van der Waals surface area contributed by atoms with Crippen LogP contribution in [-0.2, 0) is 0 Å². The number of likely N-dealkylation sites (tertiary alicyclic amines) is 1. The zero-order valence-electron chi connectivity index (χ0n) is 15.3. The molecular formula is C21H28N4O. The van der Waals surface area contributed by atoms with Crippen molar-refractivity contribution in [1.29, 1.82) is 0 Å². The van der Waals surface area contributed by atoms with Crippen molar-refractivity contribution in [3.8, 4) is 11.3 Å². The van der Waals surface area contributed by atoms with Crippen molar-refractivity contribution in [3.05, 3.63) is 42.1 Å². The third-order valence-electron chi connectivity index (χ3n) is 5.84. The first-order valence-corrected chi connectivity index (χ1v) is 9.95. The van der Waals surface area contributed by atoms with Crippen LogP contribution < -0.4 is 5.32 Å². The first-order chi connectivity index (χ1) is 12.8. The van der Waals surface area contributed by atoms with E-state index >= 15 is 0 Å². The molecule has 1 atom stereocenters. The van der Waals surface area contributed by atoms with Crippen molar-refractivity contribution in [3.63, 3.8) is 0 Å². The average molecular weight is 352 g/mol. The predicted octanol–water partition coefficient (Wildman–Crippen LogP) is 3.60. The van der Waals surface area contributed by atoms with Gasteiger partial charge in [-0.25, -0.2) is 0 Å². The first-order valence-electron chi connectivity index (χ1n) is 9.95. The Hall–Kier alpha value is -2.14. The number of H-pyrrole nitrogens is 1. The van der Waals surface area contributed by atoms with E-state index in [1.165, 1.54) is 38.5 Å². The Kier molecular flexibility index (Phi) is 5.34. The van der Waals surface area contributed by atoms with Crippen LogP contribution in [0.4, 0.5) is 0 Å². The minimum Gasteiger partial charge on any atom is -0.348 e. The van der Waals surface area contributed by atoms with Gasteiger partial charge >= 0.3 is 0 Å². The highest BCUT2D eigenvalue weighted by Crippen LogP contribution is 2.26. The van der Waals surface area contributed by atoms with E-state index in [1.54, 1.807) is 6.20 Å². The molecule has 4 rings (SSSR count). The number of aromatic amines is 1. The number of carbonyl (C=O) groups is 1. The number of aromatic nitrogens is 2. The van der Waals surface area contributed by atoms with Gasteiger partial charge in [0, 0.05) is 30.7 Å². The smallest absolute Gasteiger partial charge is 0.255 e. The number of benzene rings is 1. The molecule has 2 heterocycles. The molecule has 1 amide bonds. The summed E-state index contributed by atoms with van der Waals surface area (Å²) in [6.07, 6.45) is 10.8. The largest absolute Gasteiger partial charge is 0.348 e. The van der Waals surface area contributed by atoms with Crippen LogP contribution in [0.2, 0.25) is 0 Å². The molecule has 5 heteroatoms. The molecule has 1 saturated carbocycles. The van der Waals surface area contributed by atoms with Crippen molar-refractivity contribution < 1.29 is 4.79 Å². The van der Waals surface area contributed by atoms with E-state index in [2.05, 4.69) is 20.4 Å². The number of hydrogen-bond donors (Lipinski definition) is 2. The Labute approximate surface area is 155 Å². The Balaban J connectivity index is 1.38. The number of amides is 1. The highest BCUT2D eigenvalue weighted by molar-refractivity contribution is 5.99. The fourth-order valence-electron chi connectivity index (χ4n) is 4.41. The molecule has 1 aliphatic carbocycles. The highest BCUT2D eigenvalue weighted by atomic mass is 16.1. The maximum Gasteiger partial charge on any atom is 0.255 e. The molecule has 2 aliphatic rings. The molecule has 2 N–H and O–H groups in total. The highest BCUT2D eigenvalue weighted by Gasteiger charge is 2.30. The van der Waals surface area contributed by atoms with Gasteiger partial charge in [-0.05, 0) is 19.3 Å². The molecule has 5 nitrogen and oxygen atoms in total. The van der Waals surface area contributed by atoms with Gasteiger partial charge in [-0.2, -0.15) is 5.10 Å². The van der Waals surface area contributed by atoms with Gasteiger partial charge in [0.1, 0.15) is 0 Å². The second kappa shape index (κ2) is 8.04. The number of nitrogens with one attached hydrogen (secondary N) is 2. The molecule has 0 bridgehead atoms. The van der Waals surface area contributed by atoms with Gasteiger partial charge in [-0.15, -0.1) is 0 Å². The molecule has 0 spiro atoms. The van der Waals surface area contributed by atoms with E-state index < -0.39 is 0 Å². The zero-order chi connectivity index (χ0) is 17.8. The molecule has 2 fully saturated rings. The Morgan fingerprint density at radius 2 is 1.85 bits per heavy atom. The van der Waals surface area contributed by atoms with E-state index in [-0.39, 0.29) is 11.9 Å². The van der Waals surface area contributed by atoms with Crippen LogP contribution in [0.1, 0.15) is 55.3 Å². The van der Waals surface area contributed by atoms with Gasteiger partial charge in [0.05, 0.1) is 17.5 Å². The summed E-state index contributed by atoms with van der Waals surface area (Å²) in [4.78, 5) is 15.4. The molecule has 138 valence electrons. The lowest BCUT2D eigenvalue weighted by atomic mass is 10.1. The van der Waals surface area contributed by atoms with Crippen LogP contribution >= 0.6 is 0 Å².